The fourth-order valence-corrected chi connectivity index (χ4v) is 0.369. The minimum absolute atomic E-state index is 0.401. The van der Waals surface area contributed by atoms with Gasteiger partial charge in [0, 0.05) is 0 Å². The maximum Gasteiger partial charge on any atom is 0.0994 e. The second kappa shape index (κ2) is 1.94. The predicted molar refractivity (Wildman–Crippen MR) is 29.1 cm³/mol. The molecule has 0 aromatic heterocycles. The smallest absolute Gasteiger partial charge is 0.0994 e. The molecule has 1 fully saturated rings. The van der Waals surface area contributed by atoms with Crippen LogP contribution in [-0.4, -0.2) is 12.7 Å². The Morgan fingerprint density at radius 3 is 2.86 bits per heavy atom. The summed E-state index contributed by atoms with van der Waals surface area (Å²) in [5.41, 5.74) is 0. The summed E-state index contributed by atoms with van der Waals surface area (Å²) in [6, 6.07) is 0. The zero-order valence-corrected chi connectivity index (χ0v) is 4.13. The van der Waals surface area contributed by atoms with Gasteiger partial charge in [0.2, 0.25) is 0 Å². The van der Waals surface area contributed by atoms with Gasteiger partial charge in [0.15, 0.2) is 0 Å². The summed E-state index contributed by atoms with van der Waals surface area (Å²) >= 11 is 0. The summed E-state index contributed by atoms with van der Waals surface area (Å²) in [5.74, 6) is 0. The van der Waals surface area contributed by atoms with Gasteiger partial charge in [-0.15, -0.1) is 0 Å². The van der Waals surface area contributed by atoms with Crippen LogP contribution in [0.4, 0.5) is 0 Å². The topological polar surface area (TPSA) is 12.5 Å². The van der Waals surface area contributed by atoms with E-state index in [-0.39, 0.29) is 0 Å². The molecule has 0 aromatic carbocycles. The van der Waals surface area contributed by atoms with Crippen LogP contribution in [0.25, 0.3) is 0 Å². The second-order valence-electron chi connectivity index (χ2n) is 1.49. The Morgan fingerprint density at radius 2 is 2.43 bits per heavy atom. The van der Waals surface area contributed by atoms with Gasteiger partial charge >= 0.3 is 0 Å². The van der Waals surface area contributed by atoms with Crippen LogP contribution in [0, 0.1) is 0 Å². The first-order valence-electron chi connectivity index (χ1n) is 2.34. The zero-order valence-electron chi connectivity index (χ0n) is 4.13. The number of rotatable bonds is 2. The lowest BCUT2D eigenvalue weighted by Crippen LogP contribution is -1.69. The van der Waals surface area contributed by atoms with Crippen molar-refractivity contribution in [3.63, 3.8) is 0 Å². The van der Waals surface area contributed by atoms with Crippen molar-refractivity contribution in [1.82, 2.24) is 0 Å². The molecule has 1 saturated heterocycles. The molecule has 0 spiro atoms. The quantitative estimate of drug-likeness (QED) is 0.371. The lowest BCUT2D eigenvalue weighted by molar-refractivity contribution is 0.440. The van der Waals surface area contributed by atoms with Crippen LogP contribution in [0.5, 0.6) is 0 Å². The summed E-state index contributed by atoms with van der Waals surface area (Å²) in [7, 11) is 0. The van der Waals surface area contributed by atoms with Crippen LogP contribution in [0.3, 0.4) is 0 Å². The Balaban J connectivity index is 2.17. The van der Waals surface area contributed by atoms with Crippen LogP contribution < -0.4 is 0 Å². The van der Waals surface area contributed by atoms with E-state index in [1.807, 2.05) is 12.2 Å². The maximum absolute atomic E-state index is 4.88. The van der Waals surface area contributed by atoms with Crippen LogP contribution in [0.2, 0.25) is 0 Å². The van der Waals surface area contributed by atoms with Gasteiger partial charge in [-0.25, -0.2) is 0 Å². The van der Waals surface area contributed by atoms with Gasteiger partial charge in [0.25, 0.3) is 0 Å². The van der Waals surface area contributed by atoms with Crippen LogP contribution >= 0.6 is 0 Å². The molecular weight excluding hydrogens is 88.1 g/mol. The summed E-state index contributed by atoms with van der Waals surface area (Å²) in [4.78, 5) is 0. The van der Waals surface area contributed by atoms with E-state index < -0.39 is 0 Å². The molecule has 0 saturated carbocycles. The number of allylic oxidation sites excluding steroid dienone is 2. The van der Waals surface area contributed by atoms with Crippen LogP contribution in [-0.2, 0) is 4.74 Å². The normalized spacial score (nSPS) is 28.3. The fourth-order valence-electron chi connectivity index (χ4n) is 0.369. The first kappa shape index (κ1) is 4.60. The molecule has 1 heteroatoms. The van der Waals surface area contributed by atoms with E-state index in [0.717, 1.165) is 6.61 Å². The fraction of sp³-hybridized carbons (Fsp3) is 0.333. The third kappa shape index (κ3) is 1.55. The van der Waals surface area contributed by atoms with Crippen molar-refractivity contribution in [1.29, 1.82) is 0 Å². The number of hydrogen-bond acceptors (Lipinski definition) is 1. The number of ether oxygens (including phenoxy) is 1. The average molecular weight is 96.1 g/mol. The highest BCUT2D eigenvalue weighted by Gasteiger charge is 2.16. The van der Waals surface area contributed by atoms with E-state index in [1.165, 1.54) is 0 Å². The van der Waals surface area contributed by atoms with Gasteiger partial charge in [-0.1, -0.05) is 24.8 Å². The van der Waals surface area contributed by atoms with Gasteiger partial charge in [0.1, 0.15) is 0 Å². The molecule has 0 amide bonds. The molecule has 0 aliphatic carbocycles. The minimum Gasteiger partial charge on any atom is -0.369 e. The summed E-state index contributed by atoms with van der Waals surface area (Å²) < 4.78 is 4.88. The largest absolute Gasteiger partial charge is 0.369 e. The van der Waals surface area contributed by atoms with Gasteiger partial charge in [-0.2, -0.15) is 0 Å². The Kier molecular flexibility index (Phi) is 1.27. The minimum atomic E-state index is 0.401. The van der Waals surface area contributed by atoms with Crippen molar-refractivity contribution in [2.24, 2.45) is 0 Å². The molecule has 1 atom stereocenters. The highest BCUT2D eigenvalue weighted by atomic mass is 16.6. The van der Waals surface area contributed by atoms with Gasteiger partial charge in [-0.3, -0.25) is 0 Å². The van der Waals surface area contributed by atoms with Crippen molar-refractivity contribution >= 4 is 0 Å². The van der Waals surface area contributed by atoms with Crippen molar-refractivity contribution in [2.45, 2.75) is 6.10 Å². The maximum atomic E-state index is 4.88. The van der Waals surface area contributed by atoms with E-state index in [4.69, 9.17) is 4.74 Å². The van der Waals surface area contributed by atoms with E-state index in [1.54, 1.807) is 6.08 Å². The van der Waals surface area contributed by atoms with Gasteiger partial charge in [0.05, 0.1) is 12.7 Å². The number of epoxide rings is 1. The van der Waals surface area contributed by atoms with Gasteiger partial charge < -0.3 is 4.74 Å². The molecule has 0 bridgehead atoms. The SMILES string of the molecule is C=CC=CC1CO1. The Hall–Kier alpha value is -0.560. The molecule has 0 aromatic rings. The third-order valence-electron chi connectivity index (χ3n) is 0.821. The summed E-state index contributed by atoms with van der Waals surface area (Å²) in [6.07, 6.45) is 6.05. The van der Waals surface area contributed by atoms with E-state index in [9.17, 15) is 0 Å². The van der Waals surface area contributed by atoms with Crippen LogP contribution in [0.1, 0.15) is 0 Å². The molecule has 1 heterocycles. The molecule has 1 aliphatic rings. The lowest BCUT2D eigenvalue weighted by atomic mass is 10.4. The zero-order chi connectivity index (χ0) is 5.11. The molecule has 1 aliphatic heterocycles. The monoisotopic (exact) mass is 96.1 g/mol. The molecule has 0 radical (unpaired) electrons. The van der Waals surface area contributed by atoms with Crippen molar-refractivity contribution in [3.05, 3.63) is 24.8 Å². The first-order chi connectivity index (χ1) is 3.43. The molecule has 7 heavy (non-hydrogen) atoms. The van der Waals surface area contributed by atoms with Crippen molar-refractivity contribution in [3.8, 4) is 0 Å². The number of hydrogen-bond donors (Lipinski definition) is 0. The highest BCUT2D eigenvalue weighted by molar-refractivity contribution is 5.04. The molecule has 1 nitrogen and oxygen atoms in total. The Bertz CT molecular complexity index is 90.4. The highest BCUT2D eigenvalue weighted by Crippen LogP contribution is 2.08. The van der Waals surface area contributed by atoms with E-state index in [2.05, 4.69) is 6.58 Å². The third-order valence-corrected chi connectivity index (χ3v) is 0.821. The van der Waals surface area contributed by atoms with Gasteiger partial charge in [-0.05, 0) is 0 Å². The predicted octanol–water partition coefficient (Wildman–Crippen LogP) is 1.13. The Labute approximate surface area is 43.3 Å². The molecule has 1 unspecified atom stereocenters. The summed E-state index contributed by atoms with van der Waals surface area (Å²) in [5, 5.41) is 0. The molecule has 1 rings (SSSR count). The molecule has 0 N–H and O–H groups in total. The van der Waals surface area contributed by atoms with Crippen LogP contribution in [0.15, 0.2) is 24.8 Å². The van der Waals surface area contributed by atoms with E-state index >= 15 is 0 Å². The summed E-state index contributed by atoms with van der Waals surface area (Å²) in [6.45, 7) is 4.41. The second-order valence-corrected chi connectivity index (χ2v) is 1.49. The standard InChI is InChI=1S/C6H8O/c1-2-3-4-6-5-7-6/h2-4,6H,1,5H2. The van der Waals surface area contributed by atoms with E-state index in [0.29, 0.717) is 6.10 Å². The average Bonchev–Trinajstić information content (AvgIpc) is 2.42. The van der Waals surface area contributed by atoms with Crippen molar-refractivity contribution in [2.75, 3.05) is 6.61 Å². The Morgan fingerprint density at radius 1 is 1.71 bits per heavy atom. The van der Waals surface area contributed by atoms with Crippen molar-refractivity contribution < 1.29 is 4.74 Å². The first-order valence-corrected chi connectivity index (χ1v) is 2.34. The molecule has 38 valence electrons. The molecular formula is C6H8O. The lowest BCUT2D eigenvalue weighted by Gasteiger charge is -1.68.